The molecule has 1 aliphatic carbocycles. The van der Waals surface area contributed by atoms with Crippen molar-refractivity contribution in [2.45, 2.75) is 26.3 Å². The number of benzene rings is 1. The van der Waals surface area contributed by atoms with Crippen molar-refractivity contribution in [3.05, 3.63) is 41.0 Å². The summed E-state index contributed by atoms with van der Waals surface area (Å²) in [7, 11) is 0. The van der Waals surface area contributed by atoms with Crippen LogP contribution in [0.2, 0.25) is 5.02 Å². The molecule has 164 valence electrons. The number of anilines is 1. The third kappa shape index (κ3) is 5.42. The number of nitrogens with zero attached hydrogens (tertiary/aromatic N) is 4. The van der Waals surface area contributed by atoms with E-state index in [0.717, 1.165) is 18.4 Å². The van der Waals surface area contributed by atoms with Crippen LogP contribution in [0, 0.1) is 5.92 Å². The minimum atomic E-state index is -0.240. The molecule has 1 saturated carbocycles. The van der Waals surface area contributed by atoms with E-state index in [2.05, 4.69) is 15.3 Å². The van der Waals surface area contributed by atoms with Gasteiger partial charge in [0.15, 0.2) is 5.82 Å². The third-order valence-corrected chi connectivity index (χ3v) is 5.51. The Morgan fingerprint density at radius 2 is 1.90 bits per heavy atom. The summed E-state index contributed by atoms with van der Waals surface area (Å²) >= 11 is 6.10. The molecule has 9 nitrogen and oxygen atoms in total. The first-order chi connectivity index (χ1) is 14.9. The number of carbonyl (C=O) groups excluding carboxylic acids is 3. The number of aromatic nitrogens is 2. The first-order valence-electron chi connectivity index (χ1n) is 10.2. The van der Waals surface area contributed by atoms with E-state index in [0.29, 0.717) is 49.3 Å². The summed E-state index contributed by atoms with van der Waals surface area (Å²) < 4.78 is 6.81. The monoisotopic (exact) mass is 445 g/mol. The fourth-order valence-corrected chi connectivity index (χ4v) is 3.59. The molecule has 2 aliphatic rings. The van der Waals surface area contributed by atoms with Crippen molar-refractivity contribution < 1.29 is 19.1 Å². The van der Waals surface area contributed by atoms with Crippen LogP contribution in [0.4, 0.5) is 10.6 Å². The minimum absolute atomic E-state index is 0.00912. The molecule has 2 heterocycles. The van der Waals surface area contributed by atoms with Crippen molar-refractivity contribution in [3.63, 3.8) is 0 Å². The first-order valence-corrected chi connectivity index (χ1v) is 10.6. The fourth-order valence-electron chi connectivity index (χ4n) is 3.43. The number of halogens is 1. The number of nitrogens with one attached hydrogen (secondary N) is 1. The molecule has 4 rings (SSSR count). The maximum absolute atomic E-state index is 12.7. The Hall–Kier alpha value is -2.91. The average Bonchev–Trinajstić information content (AvgIpc) is 3.49. The van der Waals surface area contributed by atoms with Crippen LogP contribution in [0.3, 0.4) is 0 Å². The lowest BCUT2D eigenvalue weighted by atomic mass is 10.1. The van der Waals surface area contributed by atoms with Crippen molar-refractivity contribution >= 4 is 35.3 Å². The van der Waals surface area contributed by atoms with E-state index < -0.39 is 0 Å². The maximum atomic E-state index is 12.7. The van der Waals surface area contributed by atoms with Crippen molar-refractivity contribution in [2.24, 2.45) is 5.92 Å². The molecule has 10 heteroatoms. The summed E-state index contributed by atoms with van der Waals surface area (Å²) in [5.41, 5.74) is 0.894. The number of hydrogen-bond donors (Lipinski definition) is 1. The topological polar surface area (TPSA) is 96.8 Å². The van der Waals surface area contributed by atoms with Crippen molar-refractivity contribution in [3.8, 4) is 5.75 Å². The Kier molecular flexibility index (Phi) is 6.24. The molecule has 0 atom stereocenters. The summed E-state index contributed by atoms with van der Waals surface area (Å²) in [4.78, 5) is 39.8. The van der Waals surface area contributed by atoms with Gasteiger partial charge in [-0.25, -0.2) is 4.79 Å². The molecule has 1 N–H and O–H groups in total. The maximum Gasteiger partial charge on any atom is 0.344 e. The zero-order valence-corrected chi connectivity index (χ0v) is 18.0. The molecule has 0 bridgehead atoms. The molecule has 1 aromatic heterocycles. The Balaban J connectivity index is 1.34. The molecule has 1 aliphatic heterocycles. The molecule has 2 aromatic rings. The number of piperazine rings is 1. The molecular formula is C21H24ClN5O4. The van der Waals surface area contributed by atoms with Crippen LogP contribution in [0.15, 0.2) is 30.5 Å². The highest BCUT2D eigenvalue weighted by atomic mass is 35.5. The zero-order chi connectivity index (χ0) is 22.0. The van der Waals surface area contributed by atoms with E-state index in [1.54, 1.807) is 23.1 Å². The second-order valence-corrected chi connectivity index (χ2v) is 8.26. The van der Waals surface area contributed by atoms with E-state index in [-0.39, 0.29) is 23.8 Å². The highest BCUT2D eigenvalue weighted by molar-refractivity contribution is 6.30. The van der Waals surface area contributed by atoms with Gasteiger partial charge >= 0.3 is 12.0 Å². The normalized spacial score (nSPS) is 16.8. The summed E-state index contributed by atoms with van der Waals surface area (Å²) in [6.45, 7) is 4.41. The van der Waals surface area contributed by atoms with Gasteiger partial charge in [-0.05, 0) is 25.0 Å². The average molecular weight is 446 g/mol. The van der Waals surface area contributed by atoms with E-state index >= 15 is 0 Å². The molecule has 0 spiro atoms. The van der Waals surface area contributed by atoms with Gasteiger partial charge in [0.1, 0.15) is 5.75 Å². The largest absolute Gasteiger partial charge is 0.426 e. The number of amides is 2. The van der Waals surface area contributed by atoms with Crippen molar-refractivity contribution in [1.82, 2.24) is 19.6 Å². The molecule has 0 radical (unpaired) electrons. The van der Waals surface area contributed by atoms with Gasteiger partial charge in [0.05, 0.1) is 5.92 Å². The van der Waals surface area contributed by atoms with Gasteiger partial charge in [0.2, 0.25) is 5.91 Å². The lowest BCUT2D eigenvalue weighted by Gasteiger charge is -2.34. The lowest BCUT2D eigenvalue weighted by Crippen LogP contribution is -2.49. The predicted molar refractivity (Wildman–Crippen MR) is 114 cm³/mol. The number of carbonyl (C=O) groups is 3. The number of hydrogen-bond acceptors (Lipinski definition) is 6. The second kappa shape index (κ2) is 9.07. The Bertz CT molecular complexity index is 995. The lowest BCUT2D eigenvalue weighted by molar-refractivity contribution is -0.135. The summed E-state index contributed by atoms with van der Waals surface area (Å²) in [5.74, 6) is 0.419. The first kappa shape index (κ1) is 21.3. The van der Waals surface area contributed by atoms with E-state index in [9.17, 15) is 14.4 Å². The van der Waals surface area contributed by atoms with E-state index in [1.807, 2.05) is 6.07 Å². The number of esters is 1. The van der Waals surface area contributed by atoms with Gasteiger partial charge in [-0.3, -0.25) is 14.5 Å². The summed E-state index contributed by atoms with van der Waals surface area (Å²) in [6.07, 6.45) is 3.30. The molecule has 0 unspecified atom stereocenters. The minimum Gasteiger partial charge on any atom is -0.426 e. The Morgan fingerprint density at radius 3 is 2.58 bits per heavy atom. The van der Waals surface area contributed by atoms with Gasteiger partial charge in [0.25, 0.3) is 0 Å². The van der Waals surface area contributed by atoms with Crippen molar-refractivity contribution in [1.29, 1.82) is 0 Å². The van der Waals surface area contributed by atoms with Crippen LogP contribution < -0.4 is 10.1 Å². The Labute approximate surface area is 184 Å². The van der Waals surface area contributed by atoms with Crippen LogP contribution in [0.5, 0.6) is 5.75 Å². The van der Waals surface area contributed by atoms with Gasteiger partial charge < -0.3 is 15.0 Å². The van der Waals surface area contributed by atoms with Crippen molar-refractivity contribution in [2.75, 3.05) is 31.5 Å². The molecule has 31 heavy (non-hydrogen) atoms. The van der Waals surface area contributed by atoms with E-state index in [1.165, 1.54) is 17.8 Å². The van der Waals surface area contributed by atoms with Gasteiger partial charge in [0, 0.05) is 62.5 Å². The Morgan fingerprint density at radius 1 is 1.16 bits per heavy atom. The smallest absolute Gasteiger partial charge is 0.344 e. The highest BCUT2D eigenvalue weighted by Crippen LogP contribution is 2.33. The highest BCUT2D eigenvalue weighted by Gasteiger charge is 2.32. The van der Waals surface area contributed by atoms with Crippen LogP contribution >= 0.6 is 11.6 Å². The summed E-state index contributed by atoms with van der Waals surface area (Å²) in [5, 5.41) is 7.18. The molecule has 1 aromatic carbocycles. The third-order valence-electron chi connectivity index (χ3n) is 5.28. The van der Waals surface area contributed by atoms with Crippen LogP contribution in [0.1, 0.15) is 25.3 Å². The fraction of sp³-hybridized carbons (Fsp3) is 0.429. The van der Waals surface area contributed by atoms with E-state index in [4.69, 9.17) is 16.3 Å². The molecular weight excluding hydrogens is 422 g/mol. The zero-order valence-electron chi connectivity index (χ0n) is 17.2. The van der Waals surface area contributed by atoms with Gasteiger partial charge in [-0.15, -0.1) is 5.10 Å². The SMILES string of the molecule is CC(=O)Nc1ccn(C(=O)N2CCN(Cc3ccc(Cl)cc3OC(=O)C3CC3)CC2)n1. The molecule has 2 amide bonds. The van der Waals surface area contributed by atoms with Gasteiger partial charge in [-0.2, -0.15) is 4.68 Å². The number of rotatable bonds is 5. The van der Waals surface area contributed by atoms with Gasteiger partial charge in [-0.1, -0.05) is 17.7 Å². The number of ether oxygens (including phenoxy) is 1. The predicted octanol–water partition coefficient (Wildman–Crippen LogP) is 2.60. The second-order valence-electron chi connectivity index (χ2n) is 7.82. The standard InChI is InChI=1S/C21H24ClN5O4/c1-14(28)23-19-6-7-27(24-19)21(30)26-10-8-25(9-11-26)13-16-4-5-17(22)12-18(16)31-20(29)15-2-3-15/h4-7,12,15H,2-3,8-11,13H2,1H3,(H,23,24,28). The quantitative estimate of drug-likeness (QED) is 0.561. The van der Waals surface area contributed by atoms with Crippen LogP contribution in [-0.4, -0.2) is 63.7 Å². The molecule has 1 saturated heterocycles. The summed E-state index contributed by atoms with van der Waals surface area (Å²) in [6, 6.07) is 6.70. The van der Waals surface area contributed by atoms with Crippen LogP contribution in [-0.2, 0) is 16.1 Å². The molecule has 2 fully saturated rings. The van der Waals surface area contributed by atoms with Crippen LogP contribution in [0.25, 0.3) is 0 Å².